The molecule has 106 valence electrons. The van der Waals surface area contributed by atoms with Gasteiger partial charge in [-0.15, -0.1) is 0 Å². The van der Waals surface area contributed by atoms with E-state index in [1.807, 2.05) is 20.9 Å². The molecule has 0 aromatic carbocycles. The smallest absolute Gasteiger partial charge is 0.150 e. The summed E-state index contributed by atoms with van der Waals surface area (Å²) < 4.78 is 22.8. The van der Waals surface area contributed by atoms with Crippen LogP contribution in [0.25, 0.3) is 0 Å². The number of aryl methyl sites for hydroxylation is 1. The van der Waals surface area contributed by atoms with Crippen molar-refractivity contribution in [3.8, 4) is 0 Å². The lowest BCUT2D eigenvalue weighted by molar-refractivity contribution is 0.595. The van der Waals surface area contributed by atoms with Gasteiger partial charge in [0.25, 0.3) is 0 Å². The fraction of sp³-hybridized carbons (Fsp3) is 0.667. The SMILES string of the molecule is CNc1nc(C)nc(NCC2CCS(=O)(=O)C2)c1C. The second kappa shape index (κ2) is 5.32. The zero-order valence-corrected chi connectivity index (χ0v) is 12.3. The van der Waals surface area contributed by atoms with Gasteiger partial charge in [0.2, 0.25) is 0 Å². The molecule has 1 aromatic rings. The Morgan fingerprint density at radius 1 is 1.26 bits per heavy atom. The molecule has 0 spiro atoms. The van der Waals surface area contributed by atoms with Crippen molar-refractivity contribution in [3.63, 3.8) is 0 Å². The lowest BCUT2D eigenvalue weighted by Crippen LogP contribution is -2.17. The zero-order chi connectivity index (χ0) is 14.0. The molecule has 1 aliphatic rings. The van der Waals surface area contributed by atoms with Crippen molar-refractivity contribution in [3.05, 3.63) is 11.4 Å². The number of sulfone groups is 1. The Morgan fingerprint density at radius 2 is 1.95 bits per heavy atom. The molecule has 7 heteroatoms. The van der Waals surface area contributed by atoms with Crippen molar-refractivity contribution in [2.24, 2.45) is 5.92 Å². The van der Waals surface area contributed by atoms with Crippen LogP contribution < -0.4 is 10.6 Å². The van der Waals surface area contributed by atoms with Gasteiger partial charge in [-0.25, -0.2) is 18.4 Å². The van der Waals surface area contributed by atoms with E-state index in [9.17, 15) is 8.42 Å². The molecular formula is C12H20N4O2S. The molecular weight excluding hydrogens is 264 g/mol. The molecule has 1 aromatic heterocycles. The molecule has 2 rings (SSSR count). The monoisotopic (exact) mass is 284 g/mol. The van der Waals surface area contributed by atoms with Crippen molar-refractivity contribution in [2.45, 2.75) is 20.3 Å². The predicted octanol–water partition coefficient (Wildman–Crippen LogP) is 0.982. The van der Waals surface area contributed by atoms with E-state index in [2.05, 4.69) is 20.6 Å². The van der Waals surface area contributed by atoms with Crippen LogP contribution in [0.3, 0.4) is 0 Å². The highest BCUT2D eigenvalue weighted by atomic mass is 32.2. The van der Waals surface area contributed by atoms with Crippen molar-refractivity contribution >= 4 is 21.5 Å². The summed E-state index contributed by atoms with van der Waals surface area (Å²) >= 11 is 0. The molecule has 0 radical (unpaired) electrons. The van der Waals surface area contributed by atoms with Crippen molar-refractivity contribution < 1.29 is 8.42 Å². The summed E-state index contributed by atoms with van der Waals surface area (Å²) in [5.41, 5.74) is 0.953. The van der Waals surface area contributed by atoms with Gasteiger partial charge in [0.15, 0.2) is 9.84 Å². The summed E-state index contributed by atoms with van der Waals surface area (Å²) in [6.07, 6.45) is 0.733. The summed E-state index contributed by atoms with van der Waals surface area (Å²) in [4.78, 5) is 8.66. The minimum atomic E-state index is -2.82. The molecule has 19 heavy (non-hydrogen) atoms. The fourth-order valence-electron chi connectivity index (χ4n) is 2.32. The normalized spacial score (nSPS) is 21.3. The Hall–Kier alpha value is -1.37. The molecule has 0 aliphatic carbocycles. The van der Waals surface area contributed by atoms with E-state index in [4.69, 9.17) is 0 Å². The molecule has 1 fully saturated rings. The summed E-state index contributed by atoms with van der Waals surface area (Å²) in [5, 5.41) is 6.28. The van der Waals surface area contributed by atoms with Gasteiger partial charge in [0.1, 0.15) is 17.5 Å². The van der Waals surface area contributed by atoms with Gasteiger partial charge in [-0.05, 0) is 26.2 Å². The van der Waals surface area contributed by atoms with Crippen LogP contribution in [0, 0.1) is 19.8 Å². The van der Waals surface area contributed by atoms with Crippen molar-refractivity contribution in [1.82, 2.24) is 9.97 Å². The van der Waals surface area contributed by atoms with Crippen LogP contribution in [0.4, 0.5) is 11.6 Å². The number of hydrogen-bond donors (Lipinski definition) is 2. The van der Waals surface area contributed by atoms with E-state index in [1.165, 1.54) is 0 Å². The van der Waals surface area contributed by atoms with Crippen LogP contribution >= 0.6 is 0 Å². The first-order chi connectivity index (χ1) is 8.91. The molecule has 0 amide bonds. The van der Waals surface area contributed by atoms with Gasteiger partial charge in [-0.3, -0.25) is 0 Å². The van der Waals surface area contributed by atoms with Crippen LogP contribution in [0.1, 0.15) is 17.8 Å². The van der Waals surface area contributed by atoms with Crippen LogP contribution in [-0.4, -0.2) is 43.5 Å². The van der Waals surface area contributed by atoms with E-state index in [-0.39, 0.29) is 11.7 Å². The molecule has 0 bridgehead atoms. The largest absolute Gasteiger partial charge is 0.373 e. The average Bonchev–Trinajstić information content (AvgIpc) is 2.69. The molecule has 1 atom stereocenters. The Bertz CT molecular complexity index is 571. The predicted molar refractivity (Wildman–Crippen MR) is 76.3 cm³/mol. The van der Waals surface area contributed by atoms with Crippen molar-refractivity contribution in [1.29, 1.82) is 0 Å². The lowest BCUT2D eigenvalue weighted by Gasteiger charge is -2.14. The summed E-state index contributed by atoms with van der Waals surface area (Å²) in [6.45, 7) is 4.42. The molecule has 6 nitrogen and oxygen atoms in total. The second-order valence-corrected chi connectivity index (χ2v) is 7.22. The zero-order valence-electron chi connectivity index (χ0n) is 11.5. The van der Waals surface area contributed by atoms with E-state index in [1.54, 1.807) is 0 Å². The third-order valence-electron chi connectivity index (χ3n) is 3.38. The highest BCUT2D eigenvalue weighted by Gasteiger charge is 2.27. The quantitative estimate of drug-likeness (QED) is 0.857. The maximum absolute atomic E-state index is 11.4. The minimum absolute atomic E-state index is 0.178. The molecule has 0 saturated carbocycles. The van der Waals surface area contributed by atoms with Crippen LogP contribution in [0.2, 0.25) is 0 Å². The third kappa shape index (κ3) is 3.34. The van der Waals surface area contributed by atoms with E-state index < -0.39 is 9.84 Å². The van der Waals surface area contributed by atoms with Gasteiger partial charge in [-0.1, -0.05) is 0 Å². The van der Waals surface area contributed by atoms with Crippen LogP contribution in [0.15, 0.2) is 0 Å². The standard InChI is InChI=1S/C12H20N4O2S/c1-8-11(13-3)15-9(2)16-12(8)14-6-10-4-5-19(17,18)7-10/h10H,4-7H2,1-3H3,(H2,13,14,15,16). The van der Waals surface area contributed by atoms with Gasteiger partial charge in [0, 0.05) is 19.2 Å². The first kappa shape index (κ1) is 14.0. The average molecular weight is 284 g/mol. The Balaban J connectivity index is 2.06. The molecule has 1 unspecified atom stereocenters. The fourth-order valence-corrected chi connectivity index (χ4v) is 4.18. The molecule has 1 aliphatic heterocycles. The first-order valence-electron chi connectivity index (χ1n) is 6.38. The lowest BCUT2D eigenvalue weighted by atomic mass is 10.1. The summed E-state index contributed by atoms with van der Waals surface area (Å²) in [7, 11) is -0.995. The second-order valence-electron chi connectivity index (χ2n) is 4.99. The van der Waals surface area contributed by atoms with Gasteiger partial charge >= 0.3 is 0 Å². The number of anilines is 2. The maximum Gasteiger partial charge on any atom is 0.150 e. The number of rotatable bonds is 4. The third-order valence-corrected chi connectivity index (χ3v) is 5.22. The topological polar surface area (TPSA) is 84.0 Å². The van der Waals surface area contributed by atoms with Crippen LogP contribution in [0.5, 0.6) is 0 Å². The van der Waals surface area contributed by atoms with E-state index in [0.717, 1.165) is 23.6 Å². The molecule has 2 heterocycles. The Labute approximate surface area is 114 Å². The van der Waals surface area contributed by atoms with Gasteiger partial charge in [-0.2, -0.15) is 0 Å². The van der Waals surface area contributed by atoms with Crippen LogP contribution in [-0.2, 0) is 9.84 Å². The van der Waals surface area contributed by atoms with Gasteiger partial charge in [0.05, 0.1) is 11.5 Å². The number of hydrogen-bond acceptors (Lipinski definition) is 6. The van der Waals surface area contributed by atoms with Gasteiger partial charge < -0.3 is 10.6 Å². The van der Waals surface area contributed by atoms with E-state index in [0.29, 0.717) is 18.1 Å². The Kier molecular flexibility index (Phi) is 3.93. The maximum atomic E-state index is 11.4. The minimum Gasteiger partial charge on any atom is -0.373 e. The number of nitrogens with zero attached hydrogens (tertiary/aromatic N) is 2. The van der Waals surface area contributed by atoms with E-state index >= 15 is 0 Å². The van der Waals surface area contributed by atoms with Crippen molar-refractivity contribution in [2.75, 3.05) is 35.7 Å². The molecule has 1 saturated heterocycles. The Morgan fingerprint density at radius 3 is 2.53 bits per heavy atom. The summed E-state index contributed by atoms with van der Waals surface area (Å²) in [5.74, 6) is 3.04. The molecule has 2 N–H and O–H groups in total. The highest BCUT2D eigenvalue weighted by Crippen LogP contribution is 2.22. The first-order valence-corrected chi connectivity index (χ1v) is 8.20. The number of aromatic nitrogens is 2. The summed E-state index contributed by atoms with van der Waals surface area (Å²) in [6, 6.07) is 0. The number of nitrogens with one attached hydrogen (secondary N) is 2. The highest BCUT2D eigenvalue weighted by molar-refractivity contribution is 7.91.